The normalized spacial score (nSPS) is 24.7. The number of nitrogens with zero attached hydrogens (tertiary/aromatic N) is 1. The zero-order valence-electron chi connectivity index (χ0n) is 12.1. The molecule has 0 aromatic heterocycles. The zero-order valence-corrected chi connectivity index (χ0v) is 12.1. The second kappa shape index (κ2) is 6.43. The Morgan fingerprint density at radius 1 is 1.24 bits per heavy atom. The highest BCUT2D eigenvalue weighted by Gasteiger charge is 2.30. The maximum Gasteiger partial charge on any atom is 0.226 e. The lowest BCUT2D eigenvalue weighted by Crippen LogP contribution is -2.39. The Morgan fingerprint density at radius 3 is 2.81 bits per heavy atom. The molecular weight excluding hydrogens is 271 g/mol. The lowest BCUT2D eigenvalue weighted by atomic mass is 10.1. The average Bonchev–Trinajstić information content (AvgIpc) is 2.80. The van der Waals surface area contributed by atoms with E-state index in [2.05, 4.69) is 5.32 Å². The highest BCUT2D eigenvalue weighted by molar-refractivity contribution is 5.76. The Labute approximate surface area is 124 Å². The largest absolute Gasteiger partial charge is 0.493 e. The van der Waals surface area contributed by atoms with Crippen molar-refractivity contribution in [1.29, 1.82) is 0 Å². The molecule has 1 aromatic rings. The van der Waals surface area contributed by atoms with Gasteiger partial charge in [-0.3, -0.25) is 4.79 Å². The molecule has 2 aliphatic heterocycles. The van der Waals surface area contributed by atoms with Crippen LogP contribution in [-0.2, 0) is 4.79 Å². The summed E-state index contributed by atoms with van der Waals surface area (Å²) < 4.78 is 18.3. The molecule has 2 aliphatic rings. The molecule has 2 fully saturated rings. The van der Waals surface area contributed by atoms with Gasteiger partial charge in [0.15, 0.2) is 0 Å². The van der Waals surface area contributed by atoms with Gasteiger partial charge in [0.05, 0.1) is 13.0 Å². The van der Waals surface area contributed by atoms with Gasteiger partial charge in [-0.1, -0.05) is 0 Å². The lowest BCUT2D eigenvalue weighted by Gasteiger charge is -2.24. The summed E-state index contributed by atoms with van der Waals surface area (Å²) in [6.45, 7) is 1.98. The Morgan fingerprint density at radius 2 is 2.00 bits per heavy atom. The van der Waals surface area contributed by atoms with Gasteiger partial charge in [0, 0.05) is 25.2 Å². The molecule has 2 bridgehead atoms. The molecule has 3 rings (SSSR count). The second-order valence-corrected chi connectivity index (χ2v) is 5.82. The van der Waals surface area contributed by atoms with Gasteiger partial charge in [-0.15, -0.1) is 0 Å². The highest BCUT2D eigenvalue weighted by atomic mass is 19.1. The summed E-state index contributed by atoms with van der Waals surface area (Å²) in [5, 5.41) is 3.56. The summed E-state index contributed by atoms with van der Waals surface area (Å²) in [5.74, 6) is 0.456. The van der Waals surface area contributed by atoms with E-state index in [1.54, 1.807) is 12.1 Å². The number of rotatable bonds is 4. The van der Waals surface area contributed by atoms with Crippen LogP contribution in [0.2, 0.25) is 0 Å². The van der Waals surface area contributed by atoms with Crippen LogP contribution in [-0.4, -0.2) is 42.6 Å². The summed E-state index contributed by atoms with van der Waals surface area (Å²) in [4.78, 5) is 14.2. The van der Waals surface area contributed by atoms with Crippen molar-refractivity contribution in [1.82, 2.24) is 10.2 Å². The molecule has 1 aromatic carbocycles. The van der Waals surface area contributed by atoms with E-state index < -0.39 is 0 Å². The Hall–Kier alpha value is -1.62. The minimum absolute atomic E-state index is 0.145. The third-order valence-corrected chi connectivity index (χ3v) is 4.27. The number of carbonyl (C=O) groups is 1. The number of amides is 1. The van der Waals surface area contributed by atoms with E-state index >= 15 is 0 Å². The average molecular weight is 292 g/mol. The molecule has 21 heavy (non-hydrogen) atoms. The highest BCUT2D eigenvalue weighted by Crippen LogP contribution is 2.20. The topological polar surface area (TPSA) is 41.6 Å². The van der Waals surface area contributed by atoms with Gasteiger partial charge in [0.25, 0.3) is 0 Å². The van der Waals surface area contributed by atoms with Gasteiger partial charge in [-0.2, -0.15) is 0 Å². The molecule has 5 heteroatoms. The number of likely N-dealkylation sites (tertiary alicyclic amines) is 1. The van der Waals surface area contributed by atoms with Gasteiger partial charge in [0.1, 0.15) is 11.6 Å². The van der Waals surface area contributed by atoms with Crippen molar-refractivity contribution in [2.24, 2.45) is 0 Å². The number of nitrogens with one attached hydrogen (secondary N) is 1. The van der Waals surface area contributed by atoms with E-state index in [4.69, 9.17) is 4.74 Å². The summed E-state index contributed by atoms with van der Waals surface area (Å²) in [7, 11) is 0. The van der Waals surface area contributed by atoms with Gasteiger partial charge < -0.3 is 15.0 Å². The van der Waals surface area contributed by atoms with Crippen molar-refractivity contribution in [2.75, 3.05) is 19.7 Å². The van der Waals surface area contributed by atoms with Gasteiger partial charge in [-0.25, -0.2) is 4.39 Å². The van der Waals surface area contributed by atoms with Crippen LogP contribution in [0.4, 0.5) is 4.39 Å². The van der Waals surface area contributed by atoms with E-state index in [-0.39, 0.29) is 11.7 Å². The molecule has 0 radical (unpaired) electrons. The molecule has 4 nitrogen and oxygen atoms in total. The predicted molar refractivity (Wildman–Crippen MR) is 77.7 cm³/mol. The maximum atomic E-state index is 12.8. The molecule has 0 saturated carbocycles. The summed E-state index contributed by atoms with van der Waals surface area (Å²) in [6.07, 6.45) is 3.82. The first kappa shape index (κ1) is 14.3. The standard InChI is InChI=1S/C16H21FN2O2/c17-12-1-5-15(6-2-12)21-10-8-16(20)19-9-7-13-3-4-14(11-19)18-13/h1-2,5-6,13-14,18H,3-4,7-11H2. The molecule has 114 valence electrons. The number of benzene rings is 1. The Bertz CT molecular complexity index is 492. The van der Waals surface area contributed by atoms with Crippen molar-refractivity contribution >= 4 is 5.91 Å². The SMILES string of the molecule is O=C(CCOc1ccc(F)cc1)N1CCC2CCC(C1)N2. The van der Waals surface area contributed by atoms with Crippen LogP contribution in [0.5, 0.6) is 5.75 Å². The molecule has 1 amide bonds. The number of ether oxygens (including phenoxy) is 1. The second-order valence-electron chi connectivity index (χ2n) is 5.82. The Kier molecular flexibility index (Phi) is 4.39. The van der Waals surface area contributed by atoms with Crippen molar-refractivity contribution in [3.8, 4) is 5.75 Å². The molecule has 2 saturated heterocycles. The fraction of sp³-hybridized carbons (Fsp3) is 0.562. The minimum Gasteiger partial charge on any atom is -0.493 e. The molecule has 0 aliphatic carbocycles. The van der Waals surface area contributed by atoms with Crippen molar-refractivity contribution < 1.29 is 13.9 Å². The quantitative estimate of drug-likeness (QED) is 0.922. The lowest BCUT2D eigenvalue weighted by molar-refractivity contribution is -0.131. The summed E-state index contributed by atoms with van der Waals surface area (Å²) >= 11 is 0. The predicted octanol–water partition coefficient (Wildman–Crippen LogP) is 1.95. The van der Waals surface area contributed by atoms with E-state index in [0.29, 0.717) is 30.9 Å². The number of fused-ring (bicyclic) bond motifs is 2. The van der Waals surface area contributed by atoms with Crippen molar-refractivity contribution in [2.45, 2.75) is 37.8 Å². The monoisotopic (exact) mass is 292 g/mol. The molecule has 2 atom stereocenters. The number of halogens is 1. The van der Waals surface area contributed by atoms with Crippen LogP contribution in [0, 0.1) is 5.82 Å². The van der Waals surface area contributed by atoms with E-state index in [0.717, 1.165) is 19.5 Å². The van der Waals surface area contributed by atoms with Crippen LogP contribution in [0.25, 0.3) is 0 Å². The number of carbonyl (C=O) groups excluding carboxylic acids is 1. The van der Waals surface area contributed by atoms with E-state index in [1.165, 1.54) is 25.0 Å². The summed E-state index contributed by atoms with van der Waals surface area (Å²) in [5.41, 5.74) is 0. The maximum absolute atomic E-state index is 12.8. The fourth-order valence-corrected chi connectivity index (χ4v) is 3.11. The third kappa shape index (κ3) is 3.73. The Balaban J connectivity index is 1.44. The van der Waals surface area contributed by atoms with Crippen molar-refractivity contribution in [3.63, 3.8) is 0 Å². The van der Waals surface area contributed by atoms with Crippen LogP contribution in [0.3, 0.4) is 0 Å². The smallest absolute Gasteiger partial charge is 0.226 e. The molecule has 2 heterocycles. The molecule has 0 spiro atoms. The van der Waals surface area contributed by atoms with Crippen LogP contribution >= 0.6 is 0 Å². The zero-order chi connectivity index (χ0) is 14.7. The fourth-order valence-electron chi connectivity index (χ4n) is 3.11. The first-order chi connectivity index (χ1) is 10.2. The van der Waals surface area contributed by atoms with Crippen molar-refractivity contribution in [3.05, 3.63) is 30.1 Å². The van der Waals surface area contributed by atoms with E-state index in [9.17, 15) is 9.18 Å². The van der Waals surface area contributed by atoms with Crippen LogP contribution in [0.1, 0.15) is 25.7 Å². The van der Waals surface area contributed by atoms with Crippen LogP contribution in [0.15, 0.2) is 24.3 Å². The number of hydrogen-bond acceptors (Lipinski definition) is 3. The minimum atomic E-state index is -0.287. The first-order valence-corrected chi connectivity index (χ1v) is 7.63. The van der Waals surface area contributed by atoms with Crippen LogP contribution < -0.4 is 10.1 Å². The summed E-state index contributed by atoms with van der Waals surface area (Å²) in [6, 6.07) is 6.91. The van der Waals surface area contributed by atoms with Gasteiger partial charge in [-0.05, 0) is 43.5 Å². The van der Waals surface area contributed by atoms with Gasteiger partial charge >= 0.3 is 0 Å². The van der Waals surface area contributed by atoms with Gasteiger partial charge in [0.2, 0.25) is 5.91 Å². The first-order valence-electron chi connectivity index (χ1n) is 7.63. The molecular formula is C16H21FN2O2. The molecule has 2 unspecified atom stereocenters. The third-order valence-electron chi connectivity index (χ3n) is 4.27. The molecule has 1 N–H and O–H groups in total. The van der Waals surface area contributed by atoms with E-state index in [1.807, 2.05) is 4.90 Å². The number of hydrogen-bond donors (Lipinski definition) is 1.